The maximum Gasteiger partial charge on any atom is 0.410 e. The van der Waals surface area contributed by atoms with E-state index in [1.165, 1.54) is 11.3 Å². The Hall–Kier alpha value is -3.26. The van der Waals surface area contributed by atoms with Crippen LogP contribution < -0.4 is 10.6 Å². The number of anilines is 1. The number of esters is 1. The van der Waals surface area contributed by atoms with Crippen LogP contribution in [0, 0.1) is 0 Å². The lowest BCUT2D eigenvalue weighted by atomic mass is 10.0. The van der Waals surface area contributed by atoms with E-state index in [9.17, 15) is 14.4 Å². The molecule has 1 aliphatic heterocycles. The Morgan fingerprint density at radius 2 is 1.39 bits per heavy atom. The topological polar surface area (TPSA) is 165 Å². The molecule has 0 atom stereocenters. The van der Waals surface area contributed by atoms with Crippen molar-refractivity contribution in [1.82, 2.24) is 15.2 Å². The summed E-state index contributed by atoms with van der Waals surface area (Å²) in [6.07, 6.45) is 0.861. The monoisotopic (exact) mass is 822 g/mol. The van der Waals surface area contributed by atoms with E-state index in [0.717, 1.165) is 36.2 Å². The Balaban J connectivity index is 1.02. The predicted molar refractivity (Wildman–Crippen MR) is 216 cm³/mol. The molecule has 15 nitrogen and oxygen atoms in total. The highest BCUT2D eigenvalue weighted by Crippen LogP contribution is 2.45. The van der Waals surface area contributed by atoms with Crippen molar-refractivity contribution in [3.8, 4) is 10.6 Å². The molecule has 1 aliphatic rings. The molecule has 0 saturated heterocycles. The first-order chi connectivity index (χ1) is 27.1. The molecule has 0 aliphatic carbocycles. The summed E-state index contributed by atoms with van der Waals surface area (Å²) in [7, 11) is 0. The standard InChI is InChI=1S/C39H58N4O11S2/c1-5-53-34(45)12-16-47-18-20-49-22-24-51-26-27-52-25-23-50-21-19-48-17-14-40-13-10-33(44)42-37-35(36-41-30-8-6-7-9-31(30)55-36)29-11-15-43(28-32(29)56-37)38(46)54-39(2,3)4/h6-9,40H,5,10-28H2,1-4H3,(H,42,44). The van der Waals surface area contributed by atoms with Gasteiger partial charge in [-0.05, 0) is 51.8 Å². The predicted octanol–water partition coefficient (Wildman–Crippen LogP) is 5.29. The molecule has 3 aromatic rings. The van der Waals surface area contributed by atoms with Gasteiger partial charge in [0.2, 0.25) is 5.91 Å². The van der Waals surface area contributed by atoms with Gasteiger partial charge in [0.15, 0.2) is 0 Å². The van der Waals surface area contributed by atoms with Gasteiger partial charge in [-0.3, -0.25) is 9.59 Å². The second kappa shape index (κ2) is 25.2. The van der Waals surface area contributed by atoms with Gasteiger partial charge in [-0.2, -0.15) is 0 Å². The van der Waals surface area contributed by atoms with Crippen LogP contribution in [0.3, 0.4) is 0 Å². The highest BCUT2D eigenvalue weighted by molar-refractivity contribution is 7.23. The molecule has 312 valence electrons. The Labute approximate surface area is 337 Å². The molecule has 3 heterocycles. The van der Waals surface area contributed by atoms with Crippen LogP contribution in [0.2, 0.25) is 0 Å². The van der Waals surface area contributed by atoms with Crippen molar-refractivity contribution >= 4 is 55.9 Å². The summed E-state index contributed by atoms with van der Waals surface area (Å²) in [4.78, 5) is 44.8. The van der Waals surface area contributed by atoms with Gasteiger partial charge in [-0.1, -0.05) is 12.1 Å². The van der Waals surface area contributed by atoms with Crippen LogP contribution >= 0.6 is 22.7 Å². The number of nitrogens with zero attached hydrogens (tertiary/aromatic N) is 2. The average molecular weight is 823 g/mol. The summed E-state index contributed by atoms with van der Waals surface area (Å²) in [5, 5.41) is 8.04. The summed E-state index contributed by atoms with van der Waals surface area (Å²) >= 11 is 3.11. The first kappa shape index (κ1) is 45.4. The van der Waals surface area contributed by atoms with Gasteiger partial charge in [-0.15, -0.1) is 22.7 Å². The Morgan fingerprint density at radius 1 is 0.786 bits per heavy atom. The molecule has 17 heteroatoms. The fourth-order valence-electron chi connectivity index (χ4n) is 5.43. The summed E-state index contributed by atoms with van der Waals surface area (Å²) in [6, 6.07) is 8.02. The zero-order valence-corrected chi connectivity index (χ0v) is 34.8. The van der Waals surface area contributed by atoms with Gasteiger partial charge in [0.1, 0.15) is 15.6 Å². The van der Waals surface area contributed by atoms with Crippen LogP contribution in [0.15, 0.2) is 24.3 Å². The van der Waals surface area contributed by atoms with Gasteiger partial charge in [-0.25, -0.2) is 9.78 Å². The lowest BCUT2D eigenvalue weighted by Crippen LogP contribution is -2.39. The third-order valence-corrected chi connectivity index (χ3v) is 10.2. The van der Waals surface area contributed by atoms with Crippen molar-refractivity contribution in [2.45, 2.75) is 59.1 Å². The van der Waals surface area contributed by atoms with Gasteiger partial charge in [0.25, 0.3) is 0 Å². The molecule has 4 rings (SSSR count). The van der Waals surface area contributed by atoms with E-state index in [-0.39, 0.29) is 24.4 Å². The number of thiazole rings is 1. The number of thiophene rings is 1. The second-order valence-corrected chi connectivity index (χ2v) is 15.8. The van der Waals surface area contributed by atoms with E-state index >= 15 is 0 Å². The number of carbonyl (C=O) groups excluding carboxylic acids is 3. The lowest BCUT2D eigenvalue weighted by Gasteiger charge is -2.30. The Morgan fingerprint density at radius 3 is 2.00 bits per heavy atom. The fraction of sp³-hybridized carbons (Fsp3) is 0.641. The summed E-state index contributed by atoms with van der Waals surface area (Å²) in [5.41, 5.74) is 2.43. The summed E-state index contributed by atoms with van der Waals surface area (Å²) in [5.74, 6) is -0.354. The molecule has 0 radical (unpaired) electrons. The molecule has 0 spiro atoms. The quantitative estimate of drug-likeness (QED) is 0.0754. The third kappa shape index (κ3) is 16.7. The number of fused-ring (bicyclic) bond motifs is 2. The van der Waals surface area contributed by atoms with Crippen LogP contribution in [0.4, 0.5) is 9.80 Å². The van der Waals surface area contributed by atoms with E-state index in [0.29, 0.717) is 125 Å². The van der Waals surface area contributed by atoms with E-state index < -0.39 is 5.60 Å². The van der Waals surface area contributed by atoms with Gasteiger partial charge in [0, 0.05) is 36.5 Å². The number of nitrogens with one attached hydrogen (secondary N) is 2. The lowest BCUT2D eigenvalue weighted by molar-refractivity contribution is -0.144. The number of rotatable bonds is 27. The molecule has 2 aromatic heterocycles. The van der Waals surface area contributed by atoms with Gasteiger partial charge in [0.05, 0.1) is 109 Å². The largest absolute Gasteiger partial charge is 0.466 e. The molecular formula is C39H58N4O11S2. The minimum atomic E-state index is -0.576. The van der Waals surface area contributed by atoms with E-state index in [1.807, 2.05) is 39.0 Å². The SMILES string of the molecule is CCOC(=O)CCOCCOCCOCCOCCOCCOCCNCCC(=O)Nc1sc2c(c1-c1nc3ccccc3s1)CCN(C(=O)OC(C)(C)C)C2. The average Bonchev–Trinajstić information content (AvgIpc) is 3.75. The Bertz CT molecular complexity index is 1590. The first-order valence-corrected chi connectivity index (χ1v) is 20.9. The maximum absolute atomic E-state index is 13.1. The first-order valence-electron chi connectivity index (χ1n) is 19.3. The van der Waals surface area contributed by atoms with Gasteiger partial charge < -0.3 is 53.4 Å². The van der Waals surface area contributed by atoms with E-state index in [1.54, 1.807) is 23.2 Å². The van der Waals surface area contributed by atoms with Crippen LogP contribution in [0.1, 0.15) is 51.0 Å². The number of carbonyl (C=O) groups is 3. The number of hydrogen-bond donors (Lipinski definition) is 2. The number of benzene rings is 1. The van der Waals surface area contributed by atoms with Crippen LogP contribution in [-0.2, 0) is 60.4 Å². The smallest absolute Gasteiger partial charge is 0.410 e. The second-order valence-electron chi connectivity index (χ2n) is 13.6. The molecule has 0 fully saturated rings. The third-order valence-electron chi connectivity index (χ3n) is 8.04. The highest BCUT2D eigenvalue weighted by atomic mass is 32.1. The molecule has 2 N–H and O–H groups in total. The molecule has 1 aromatic carbocycles. The van der Waals surface area contributed by atoms with Gasteiger partial charge >= 0.3 is 12.1 Å². The normalized spacial score (nSPS) is 12.9. The molecule has 56 heavy (non-hydrogen) atoms. The van der Waals surface area contributed by atoms with Crippen molar-refractivity contribution in [3.63, 3.8) is 0 Å². The van der Waals surface area contributed by atoms with Crippen molar-refractivity contribution in [3.05, 3.63) is 34.7 Å². The summed E-state index contributed by atoms with van der Waals surface area (Å²) in [6.45, 7) is 15.2. The highest BCUT2D eigenvalue weighted by Gasteiger charge is 2.31. The van der Waals surface area contributed by atoms with Crippen molar-refractivity contribution in [2.24, 2.45) is 0 Å². The minimum Gasteiger partial charge on any atom is -0.466 e. The Kier molecular flexibility index (Phi) is 20.4. The molecule has 0 bridgehead atoms. The zero-order valence-electron chi connectivity index (χ0n) is 33.2. The number of amides is 2. The van der Waals surface area contributed by atoms with E-state index in [2.05, 4.69) is 16.7 Å². The maximum atomic E-state index is 13.1. The fourth-order valence-corrected chi connectivity index (χ4v) is 7.82. The molecular weight excluding hydrogens is 765 g/mol. The number of para-hydroxylation sites is 1. The van der Waals surface area contributed by atoms with Crippen LogP contribution in [0.25, 0.3) is 20.8 Å². The van der Waals surface area contributed by atoms with Crippen LogP contribution in [-0.4, -0.2) is 139 Å². The van der Waals surface area contributed by atoms with Crippen LogP contribution in [0.5, 0.6) is 0 Å². The van der Waals surface area contributed by atoms with Crippen molar-refractivity contribution in [1.29, 1.82) is 0 Å². The minimum absolute atomic E-state index is 0.0952. The number of aromatic nitrogens is 1. The van der Waals surface area contributed by atoms with E-state index in [4.69, 9.17) is 42.9 Å². The molecule has 0 unspecified atom stereocenters. The molecule has 2 amide bonds. The summed E-state index contributed by atoms with van der Waals surface area (Å²) < 4.78 is 44.4. The van der Waals surface area contributed by atoms with Crippen molar-refractivity contribution in [2.75, 3.05) is 111 Å². The number of ether oxygens (including phenoxy) is 8. The number of hydrogen-bond acceptors (Lipinski definition) is 15. The van der Waals surface area contributed by atoms with Crippen molar-refractivity contribution < 1.29 is 52.3 Å². The molecule has 0 saturated carbocycles. The zero-order chi connectivity index (χ0) is 40.0.